The second-order valence-corrected chi connectivity index (χ2v) is 6.81. The third kappa shape index (κ3) is 4.43. The molecule has 1 aromatic carbocycles. The standard InChI is InChI=1S/C20H27N3O3/c1-4-9-22-13-17(21-14-22)10-19-20(24)23(11-15(2)26-19)12-16-5-7-18(25-3)8-6-16/h5-8,13-15,19H,4,9-12H2,1-3H3/t15-,19+/m1/s1. The molecule has 2 aromatic rings. The Morgan fingerprint density at radius 3 is 2.77 bits per heavy atom. The van der Waals surface area contributed by atoms with E-state index in [-0.39, 0.29) is 12.0 Å². The van der Waals surface area contributed by atoms with Crippen LogP contribution in [0, 0.1) is 0 Å². The molecular formula is C20H27N3O3. The normalized spacial score (nSPS) is 20.4. The second kappa shape index (κ2) is 8.36. The third-order valence-corrected chi connectivity index (χ3v) is 4.56. The van der Waals surface area contributed by atoms with Crippen LogP contribution in [0.4, 0.5) is 0 Å². The number of hydrogen-bond acceptors (Lipinski definition) is 4. The van der Waals surface area contributed by atoms with Gasteiger partial charge in [0, 0.05) is 32.3 Å². The first kappa shape index (κ1) is 18.5. The number of morpholine rings is 1. The van der Waals surface area contributed by atoms with Crippen molar-refractivity contribution in [3.8, 4) is 5.75 Å². The molecular weight excluding hydrogens is 330 g/mol. The van der Waals surface area contributed by atoms with Crippen molar-refractivity contribution in [2.75, 3.05) is 13.7 Å². The molecule has 0 aliphatic carbocycles. The van der Waals surface area contributed by atoms with E-state index in [4.69, 9.17) is 9.47 Å². The molecule has 0 spiro atoms. The van der Waals surface area contributed by atoms with Gasteiger partial charge in [-0.3, -0.25) is 4.79 Å². The molecule has 140 valence electrons. The fraction of sp³-hybridized carbons (Fsp3) is 0.500. The fourth-order valence-electron chi connectivity index (χ4n) is 3.30. The molecule has 1 fully saturated rings. The summed E-state index contributed by atoms with van der Waals surface area (Å²) in [6.07, 6.45) is 4.94. The molecule has 0 radical (unpaired) electrons. The summed E-state index contributed by atoms with van der Waals surface area (Å²) in [5.74, 6) is 0.847. The molecule has 1 amide bonds. The van der Waals surface area contributed by atoms with Gasteiger partial charge in [0.05, 0.1) is 25.2 Å². The number of rotatable bonds is 7. The number of aromatic nitrogens is 2. The molecule has 3 rings (SSSR count). The van der Waals surface area contributed by atoms with Crippen LogP contribution >= 0.6 is 0 Å². The highest BCUT2D eigenvalue weighted by Gasteiger charge is 2.33. The molecule has 2 atom stereocenters. The van der Waals surface area contributed by atoms with Gasteiger partial charge in [-0.25, -0.2) is 4.98 Å². The molecule has 0 bridgehead atoms. The Hall–Kier alpha value is -2.34. The monoisotopic (exact) mass is 357 g/mol. The summed E-state index contributed by atoms with van der Waals surface area (Å²) >= 11 is 0. The Balaban J connectivity index is 1.66. The van der Waals surface area contributed by atoms with E-state index in [1.165, 1.54) is 0 Å². The largest absolute Gasteiger partial charge is 0.497 e. The lowest BCUT2D eigenvalue weighted by atomic mass is 10.1. The highest BCUT2D eigenvalue weighted by molar-refractivity contribution is 5.82. The van der Waals surface area contributed by atoms with E-state index in [1.807, 2.05) is 48.6 Å². The molecule has 0 N–H and O–H groups in total. The van der Waals surface area contributed by atoms with Gasteiger partial charge in [0.25, 0.3) is 5.91 Å². The van der Waals surface area contributed by atoms with Crippen LogP contribution in [0.3, 0.4) is 0 Å². The molecule has 6 nitrogen and oxygen atoms in total. The number of aryl methyl sites for hydroxylation is 1. The molecule has 1 aliphatic heterocycles. The molecule has 26 heavy (non-hydrogen) atoms. The first-order chi connectivity index (χ1) is 12.6. The third-order valence-electron chi connectivity index (χ3n) is 4.56. The van der Waals surface area contributed by atoms with Crippen molar-refractivity contribution in [2.24, 2.45) is 0 Å². The van der Waals surface area contributed by atoms with Gasteiger partial charge in [-0.2, -0.15) is 0 Å². The Kier molecular flexibility index (Phi) is 5.93. The highest BCUT2D eigenvalue weighted by atomic mass is 16.5. The molecule has 6 heteroatoms. The van der Waals surface area contributed by atoms with Crippen molar-refractivity contribution in [3.63, 3.8) is 0 Å². The first-order valence-corrected chi connectivity index (χ1v) is 9.17. The average Bonchev–Trinajstić information content (AvgIpc) is 3.07. The van der Waals surface area contributed by atoms with E-state index >= 15 is 0 Å². The number of ether oxygens (including phenoxy) is 2. The zero-order chi connectivity index (χ0) is 18.5. The van der Waals surface area contributed by atoms with Crippen molar-refractivity contribution in [1.29, 1.82) is 0 Å². The summed E-state index contributed by atoms with van der Waals surface area (Å²) in [4.78, 5) is 19.2. The summed E-state index contributed by atoms with van der Waals surface area (Å²) in [5.41, 5.74) is 1.98. The lowest BCUT2D eigenvalue weighted by Crippen LogP contribution is -2.51. The zero-order valence-electron chi connectivity index (χ0n) is 15.7. The summed E-state index contributed by atoms with van der Waals surface area (Å²) in [6, 6.07) is 7.82. The number of benzene rings is 1. The van der Waals surface area contributed by atoms with Crippen molar-refractivity contribution in [3.05, 3.63) is 48.0 Å². The second-order valence-electron chi connectivity index (χ2n) is 6.81. The van der Waals surface area contributed by atoms with E-state index < -0.39 is 6.10 Å². The minimum absolute atomic E-state index is 0.00803. The number of hydrogen-bond donors (Lipinski definition) is 0. The molecule has 1 aliphatic rings. The Bertz CT molecular complexity index is 726. The summed E-state index contributed by atoms with van der Waals surface area (Å²) in [7, 11) is 1.65. The molecule has 1 saturated heterocycles. The fourth-order valence-corrected chi connectivity index (χ4v) is 3.30. The maximum atomic E-state index is 12.9. The van der Waals surface area contributed by atoms with Gasteiger partial charge in [-0.05, 0) is 31.0 Å². The maximum Gasteiger partial charge on any atom is 0.252 e. The highest BCUT2D eigenvalue weighted by Crippen LogP contribution is 2.20. The lowest BCUT2D eigenvalue weighted by Gasteiger charge is -2.36. The van der Waals surface area contributed by atoms with Gasteiger partial charge in [-0.15, -0.1) is 0 Å². The van der Waals surface area contributed by atoms with Crippen LogP contribution in [0.2, 0.25) is 0 Å². The number of methoxy groups -OCH3 is 1. The summed E-state index contributed by atoms with van der Waals surface area (Å²) in [6.45, 7) is 6.26. The minimum atomic E-state index is -0.470. The van der Waals surface area contributed by atoms with E-state index in [0.29, 0.717) is 19.5 Å². The molecule has 0 saturated carbocycles. The van der Waals surface area contributed by atoms with E-state index in [2.05, 4.69) is 16.5 Å². The summed E-state index contributed by atoms with van der Waals surface area (Å²) in [5, 5.41) is 0. The Morgan fingerprint density at radius 2 is 2.08 bits per heavy atom. The number of imidazole rings is 1. The van der Waals surface area contributed by atoms with E-state index in [9.17, 15) is 4.79 Å². The number of nitrogens with zero attached hydrogens (tertiary/aromatic N) is 3. The van der Waals surface area contributed by atoms with Crippen molar-refractivity contribution in [2.45, 2.75) is 52.0 Å². The van der Waals surface area contributed by atoms with Gasteiger partial charge in [0.2, 0.25) is 0 Å². The topological polar surface area (TPSA) is 56.6 Å². The number of carbonyl (C=O) groups is 1. The van der Waals surface area contributed by atoms with Crippen LogP contribution in [-0.4, -0.2) is 46.2 Å². The van der Waals surface area contributed by atoms with E-state index in [1.54, 1.807) is 7.11 Å². The smallest absolute Gasteiger partial charge is 0.252 e. The van der Waals surface area contributed by atoms with Gasteiger partial charge >= 0.3 is 0 Å². The number of carbonyl (C=O) groups excluding carboxylic acids is 1. The predicted octanol–water partition coefficient (Wildman–Crippen LogP) is 2.66. The van der Waals surface area contributed by atoms with Crippen LogP contribution in [0.15, 0.2) is 36.8 Å². The van der Waals surface area contributed by atoms with Crippen LogP contribution in [-0.2, 0) is 29.0 Å². The van der Waals surface area contributed by atoms with Crippen molar-refractivity contribution >= 4 is 5.91 Å². The van der Waals surface area contributed by atoms with Crippen molar-refractivity contribution in [1.82, 2.24) is 14.5 Å². The van der Waals surface area contributed by atoms with Crippen LogP contribution < -0.4 is 4.74 Å². The summed E-state index contributed by atoms with van der Waals surface area (Å²) < 4.78 is 13.2. The van der Waals surface area contributed by atoms with Gasteiger partial charge in [0.1, 0.15) is 11.9 Å². The molecule has 2 heterocycles. The molecule has 1 aromatic heterocycles. The van der Waals surface area contributed by atoms with E-state index in [0.717, 1.165) is 30.0 Å². The van der Waals surface area contributed by atoms with Gasteiger partial charge < -0.3 is 18.9 Å². The van der Waals surface area contributed by atoms with Crippen LogP contribution in [0.5, 0.6) is 5.75 Å². The Morgan fingerprint density at radius 1 is 1.31 bits per heavy atom. The lowest BCUT2D eigenvalue weighted by molar-refractivity contribution is -0.161. The predicted molar refractivity (Wildman–Crippen MR) is 99.0 cm³/mol. The quantitative estimate of drug-likeness (QED) is 0.764. The zero-order valence-corrected chi connectivity index (χ0v) is 15.7. The molecule has 0 unspecified atom stereocenters. The Labute approximate surface area is 154 Å². The van der Waals surface area contributed by atoms with Crippen molar-refractivity contribution < 1.29 is 14.3 Å². The van der Waals surface area contributed by atoms with Crippen LogP contribution in [0.25, 0.3) is 0 Å². The van der Waals surface area contributed by atoms with Gasteiger partial charge in [-0.1, -0.05) is 19.1 Å². The van der Waals surface area contributed by atoms with Crippen LogP contribution in [0.1, 0.15) is 31.5 Å². The SMILES string of the molecule is CCCn1cnc(C[C@@H]2O[C@H](C)CN(Cc3ccc(OC)cc3)C2=O)c1. The maximum absolute atomic E-state index is 12.9. The number of amides is 1. The first-order valence-electron chi connectivity index (χ1n) is 9.17. The van der Waals surface area contributed by atoms with Gasteiger partial charge in [0.15, 0.2) is 0 Å². The average molecular weight is 357 g/mol. The minimum Gasteiger partial charge on any atom is -0.497 e.